The second-order valence-corrected chi connectivity index (χ2v) is 6.93. The molecule has 0 unspecified atom stereocenters. The summed E-state index contributed by atoms with van der Waals surface area (Å²) >= 11 is 12.4. The summed E-state index contributed by atoms with van der Waals surface area (Å²) in [5.74, 6) is 0.603. The first kappa shape index (κ1) is 19.7. The minimum atomic E-state index is -0.167. The highest BCUT2D eigenvalue weighted by molar-refractivity contribution is 6.35. The topological polar surface area (TPSA) is 21.3 Å². The minimum absolute atomic E-state index is 0.167. The molecule has 27 heavy (non-hydrogen) atoms. The first-order chi connectivity index (χ1) is 13.1. The van der Waals surface area contributed by atoms with Crippen LogP contribution in [0.1, 0.15) is 16.7 Å². The molecule has 0 spiro atoms. The zero-order valence-corrected chi connectivity index (χ0v) is 16.2. The minimum Gasteiger partial charge on any atom is -0.488 e. The molecule has 3 aromatic rings. The Morgan fingerprint density at radius 2 is 1.48 bits per heavy atom. The molecule has 0 heterocycles. The van der Waals surface area contributed by atoms with Crippen LogP contribution in [-0.2, 0) is 19.6 Å². The lowest BCUT2D eigenvalue weighted by molar-refractivity contribution is 0.302. The molecule has 140 valence electrons. The Morgan fingerprint density at radius 3 is 2.22 bits per heavy atom. The van der Waals surface area contributed by atoms with Crippen molar-refractivity contribution in [3.8, 4) is 5.75 Å². The van der Waals surface area contributed by atoms with Crippen LogP contribution in [0.25, 0.3) is 0 Å². The summed E-state index contributed by atoms with van der Waals surface area (Å²) in [4.78, 5) is 0. The van der Waals surface area contributed by atoms with Crippen molar-refractivity contribution in [1.29, 1.82) is 0 Å². The standard InChI is InChI=1S/C22H20Cl2FNO/c23-19-8-5-9-20(24)18(19)15-27-22-11-4-2-7-17(22)14-26-13-12-16-6-1-3-10-21(16)25/h1-11,26H,12-15H2. The van der Waals surface area contributed by atoms with Gasteiger partial charge in [0.05, 0.1) is 0 Å². The van der Waals surface area contributed by atoms with Crippen molar-refractivity contribution in [2.45, 2.75) is 19.6 Å². The van der Waals surface area contributed by atoms with Gasteiger partial charge < -0.3 is 10.1 Å². The maximum atomic E-state index is 13.7. The summed E-state index contributed by atoms with van der Waals surface area (Å²) in [5, 5.41) is 4.51. The fourth-order valence-electron chi connectivity index (χ4n) is 2.76. The molecular formula is C22H20Cl2FNO. The molecule has 0 radical (unpaired) electrons. The molecule has 1 N–H and O–H groups in total. The average Bonchev–Trinajstić information content (AvgIpc) is 2.67. The molecule has 0 fully saturated rings. The van der Waals surface area contributed by atoms with E-state index in [9.17, 15) is 4.39 Å². The van der Waals surface area contributed by atoms with Gasteiger partial charge in [0.25, 0.3) is 0 Å². The van der Waals surface area contributed by atoms with Gasteiger partial charge in [-0.1, -0.05) is 65.7 Å². The molecule has 0 saturated heterocycles. The molecule has 0 bridgehead atoms. The Bertz CT molecular complexity index is 881. The Labute approximate surface area is 168 Å². The van der Waals surface area contributed by atoms with Crippen LogP contribution in [0.15, 0.2) is 66.7 Å². The van der Waals surface area contributed by atoms with E-state index in [1.54, 1.807) is 24.3 Å². The smallest absolute Gasteiger partial charge is 0.126 e. The summed E-state index contributed by atoms with van der Waals surface area (Å²) < 4.78 is 19.6. The number of nitrogens with one attached hydrogen (secondary N) is 1. The number of rotatable bonds is 8. The third-order valence-electron chi connectivity index (χ3n) is 4.25. The van der Waals surface area contributed by atoms with E-state index in [-0.39, 0.29) is 5.82 Å². The Hall–Kier alpha value is -2.07. The molecular weight excluding hydrogens is 384 g/mol. The number of ether oxygens (including phenoxy) is 1. The predicted octanol–water partition coefficient (Wildman–Crippen LogP) is 6.04. The van der Waals surface area contributed by atoms with E-state index in [4.69, 9.17) is 27.9 Å². The fraction of sp³-hybridized carbons (Fsp3) is 0.182. The average molecular weight is 404 g/mol. The second kappa shape index (κ2) is 9.75. The van der Waals surface area contributed by atoms with Gasteiger partial charge in [0.1, 0.15) is 18.2 Å². The van der Waals surface area contributed by atoms with Gasteiger partial charge in [0.2, 0.25) is 0 Å². The molecule has 0 atom stereocenters. The molecule has 3 rings (SSSR count). The maximum Gasteiger partial charge on any atom is 0.126 e. The Kier molecular flexibility index (Phi) is 7.11. The highest BCUT2D eigenvalue weighted by atomic mass is 35.5. The summed E-state index contributed by atoms with van der Waals surface area (Å²) in [6.45, 7) is 1.59. The van der Waals surface area contributed by atoms with E-state index in [2.05, 4.69) is 5.32 Å². The monoisotopic (exact) mass is 403 g/mol. The van der Waals surface area contributed by atoms with E-state index in [0.29, 0.717) is 41.7 Å². The van der Waals surface area contributed by atoms with Crippen molar-refractivity contribution < 1.29 is 9.13 Å². The first-order valence-electron chi connectivity index (χ1n) is 8.73. The van der Waals surface area contributed by atoms with Gasteiger partial charge in [0, 0.05) is 27.7 Å². The highest BCUT2D eigenvalue weighted by Crippen LogP contribution is 2.27. The molecule has 2 nitrogen and oxygen atoms in total. The van der Waals surface area contributed by atoms with Crippen molar-refractivity contribution in [3.05, 3.63) is 99.3 Å². The quantitative estimate of drug-likeness (QED) is 0.462. The van der Waals surface area contributed by atoms with E-state index in [1.165, 1.54) is 6.07 Å². The highest BCUT2D eigenvalue weighted by Gasteiger charge is 2.09. The van der Waals surface area contributed by atoms with Crippen molar-refractivity contribution in [2.24, 2.45) is 0 Å². The van der Waals surface area contributed by atoms with Gasteiger partial charge in [-0.2, -0.15) is 0 Å². The van der Waals surface area contributed by atoms with Crippen LogP contribution in [0, 0.1) is 5.82 Å². The van der Waals surface area contributed by atoms with E-state index >= 15 is 0 Å². The molecule has 0 aliphatic carbocycles. The van der Waals surface area contributed by atoms with Gasteiger partial charge in [-0.15, -0.1) is 0 Å². The summed E-state index contributed by atoms with van der Waals surface area (Å²) in [7, 11) is 0. The van der Waals surface area contributed by atoms with Crippen LogP contribution in [-0.4, -0.2) is 6.54 Å². The number of hydrogen-bond acceptors (Lipinski definition) is 2. The molecule has 3 aromatic carbocycles. The van der Waals surface area contributed by atoms with Crippen molar-refractivity contribution in [3.63, 3.8) is 0 Å². The fourth-order valence-corrected chi connectivity index (χ4v) is 3.26. The van der Waals surface area contributed by atoms with Crippen LogP contribution in [0.5, 0.6) is 5.75 Å². The lowest BCUT2D eigenvalue weighted by atomic mass is 10.1. The number of benzene rings is 3. The lowest BCUT2D eigenvalue weighted by Crippen LogP contribution is -2.17. The predicted molar refractivity (Wildman–Crippen MR) is 109 cm³/mol. The maximum absolute atomic E-state index is 13.7. The molecule has 0 aliphatic heterocycles. The molecule has 0 saturated carbocycles. The molecule has 0 aliphatic rings. The normalized spacial score (nSPS) is 10.8. The number of hydrogen-bond donors (Lipinski definition) is 1. The van der Waals surface area contributed by atoms with Crippen LogP contribution in [0.2, 0.25) is 10.0 Å². The summed E-state index contributed by atoms with van der Waals surface area (Å²) in [5.41, 5.74) is 2.50. The molecule has 0 aromatic heterocycles. The summed E-state index contributed by atoms with van der Waals surface area (Å²) in [6.07, 6.45) is 0.630. The van der Waals surface area contributed by atoms with Gasteiger partial charge in [0.15, 0.2) is 0 Å². The van der Waals surface area contributed by atoms with Crippen LogP contribution in [0.4, 0.5) is 4.39 Å². The van der Waals surface area contributed by atoms with E-state index < -0.39 is 0 Å². The third-order valence-corrected chi connectivity index (χ3v) is 4.96. The van der Waals surface area contributed by atoms with E-state index in [1.807, 2.05) is 36.4 Å². The van der Waals surface area contributed by atoms with E-state index in [0.717, 1.165) is 16.9 Å². The zero-order valence-electron chi connectivity index (χ0n) is 14.7. The largest absolute Gasteiger partial charge is 0.488 e. The summed E-state index contributed by atoms with van der Waals surface area (Å²) in [6, 6.07) is 20.0. The zero-order chi connectivity index (χ0) is 19.1. The number of para-hydroxylation sites is 1. The van der Waals surface area contributed by atoms with Crippen molar-refractivity contribution in [2.75, 3.05) is 6.54 Å². The Balaban J connectivity index is 1.57. The van der Waals surface area contributed by atoms with Gasteiger partial charge in [-0.3, -0.25) is 0 Å². The van der Waals surface area contributed by atoms with Crippen LogP contribution >= 0.6 is 23.2 Å². The molecule has 0 amide bonds. The van der Waals surface area contributed by atoms with Crippen LogP contribution < -0.4 is 10.1 Å². The van der Waals surface area contributed by atoms with Gasteiger partial charge in [-0.05, 0) is 42.8 Å². The Morgan fingerprint density at radius 1 is 0.815 bits per heavy atom. The van der Waals surface area contributed by atoms with Crippen LogP contribution in [0.3, 0.4) is 0 Å². The first-order valence-corrected chi connectivity index (χ1v) is 9.48. The van der Waals surface area contributed by atoms with Gasteiger partial charge >= 0.3 is 0 Å². The third kappa shape index (κ3) is 5.46. The van der Waals surface area contributed by atoms with Gasteiger partial charge in [-0.25, -0.2) is 4.39 Å². The van der Waals surface area contributed by atoms with Crippen molar-refractivity contribution in [1.82, 2.24) is 5.32 Å². The van der Waals surface area contributed by atoms with Crippen molar-refractivity contribution >= 4 is 23.2 Å². The lowest BCUT2D eigenvalue weighted by Gasteiger charge is -2.14. The SMILES string of the molecule is Fc1ccccc1CCNCc1ccccc1OCc1c(Cl)cccc1Cl. The number of halogens is 3. The molecule has 5 heteroatoms. The second-order valence-electron chi connectivity index (χ2n) is 6.11.